The number of carboxylic acids is 1. The number of hydrogen-bond acceptors (Lipinski definition) is 4. The molecule has 1 unspecified atom stereocenters. The number of fused-ring (bicyclic) bond motifs is 1. The molecule has 0 aliphatic heterocycles. The van der Waals surface area contributed by atoms with Crippen LogP contribution in [-0.2, 0) is 12.2 Å². The van der Waals surface area contributed by atoms with E-state index in [1.807, 2.05) is 36.4 Å². The summed E-state index contributed by atoms with van der Waals surface area (Å²) in [5.41, 5.74) is 2.88. The molecule has 0 radical (unpaired) electrons. The minimum atomic E-state index is -1.13. The largest absolute Gasteiger partial charge is 0.475 e. The van der Waals surface area contributed by atoms with Crippen molar-refractivity contribution in [2.75, 3.05) is 0 Å². The number of carboxylic acid groups (broad SMARTS) is 1. The first kappa shape index (κ1) is 16.6. The molecular weight excluding hydrogens is 348 g/mol. The van der Waals surface area contributed by atoms with E-state index in [1.54, 1.807) is 18.0 Å². The van der Waals surface area contributed by atoms with E-state index in [4.69, 9.17) is 0 Å². The lowest BCUT2D eigenvalue weighted by Gasteiger charge is -2.11. The number of aromatic nitrogens is 2. The van der Waals surface area contributed by atoms with Gasteiger partial charge >= 0.3 is 5.97 Å². The average molecular weight is 364 g/mol. The minimum Gasteiger partial charge on any atom is -0.475 e. The Kier molecular flexibility index (Phi) is 4.34. The molecule has 1 heterocycles. The van der Waals surface area contributed by atoms with Crippen LogP contribution in [0.5, 0.6) is 0 Å². The lowest BCUT2D eigenvalue weighted by atomic mass is 10.1. The molecule has 0 fully saturated rings. The van der Waals surface area contributed by atoms with Gasteiger partial charge in [-0.05, 0) is 29.3 Å². The van der Waals surface area contributed by atoms with E-state index in [1.165, 1.54) is 16.3 Å². The maximum absolute atomic E-state index is 12.7. The van der Waals surface area contributed by atoms with Gasteiger partial charge in [-0.25, -0.2) is 9.78 Å². The highest BCUT2D eigenvalue weighted by Gasteiger charge is 2.34. The van der Waals surface area contributed by atoms with Gasteiger partial charge in [-0.2, -0.15) is 0 Å². The molecule has 4 rings (SSSR count). The molecule has 0 bridgehead atoms. The summed E-state index contributed by atoms with van der Waals surface area (Å²) in [7, 11) is 0. The van der Waals surface area contributed by atoms with Crippen molar-refractivity contribution in [2.24, 2.45) is 0 Å². The number of Topliss-reactive ketones (excluding diaryl/α,β-unsaturated/α-hetero) is 1. The SMILES string of the molecule is O=C(O)c1nccn1C1Cc2cc(SCc3ccccc3)ccc2C1=O. The van der Waals surface area contributed by atoms with Crippen molar-refractivity contribution in [1.29, 1.82) is 0 Å². The van der Waals surface area contributed by atoms with Gasteiger partial charge in [0.1, 0.15) is 6.04 Å². The monoisotopic (exact) mass is 364 g/mol. The fourth-order valence-electron chi connectivity index (χ4n) is 3.25. The van der Waals surface area contributed by atoms with Gasteiger partial charge in [0.05, 0.1) is 0 Å². The van der Waals surface area contributed by atoms with Crippen LogP contribution >= 0.6 is 11.8 Å². The van der Waals surface area contributed by atoms with Gasteiger partial charge in [0, 0.05) is 35.0 Å². The standard InChI is InChI=1S/C20H16N2O3S/c23-18-16-7-6-15(26-12-13-4-2-1-3-5-13)10-14(16)11-17(18)22-9-8-21-19(22)20(24)25/h1-10,17H,11-12H2,(H,24,25). The van der Waals surface area contributed by atoms with E-state index >= 15 is 0 Å². The molecule has 1 aliphatic carbocycles. The van der Waals surface area contributed by atoms with E-state index in [0.29, 0.717) is 12.0 Å². The maximum Gasteiger partial charge on any atom is 0.372 e. The first-order chi connectivity index (χ1) is 12.6. The van der Waals surface area contributed by atoms with Gasteiger partial charge in [-0.3, -0.25) is 4.79 Å². The maximum atomic E-state index is 12.7. The zero-order valence-electron chi connectivity index (χ0n) is 13.8. The number of imidazole rings is 1. The summed E-state index contributed by atoms with van der Waals surface area (Å²) in [4.78, 5) is 29.0. The smallest absolute Gasteiger partial charge is 0.372 e. The number of benzene rings is 2. The van der Waals surface area contributed by atoms with Crippen molar-refractivity contribution in [3.8, 4) is 0 Å². The molecule has 1 atom stereocenters. The Bertz CT molecular complexity index is 982. The van der Waals surface area contributed by atoms with Crippen molar-refractivity contribution in [3.63, 3.8) is 0 Å². The molecular formula is C20H16N2O3S. The number of carbonyl (C=O) groups excluding carboxylic acids is 1. The topological polar surface area (TPSA) is 72.2 Å². The van der Waals surface area contributed by atoms with Crippen molar-refractivity contribution in [3.05, 3.63) is 83.4 Å². The second kappa shape index (κ2) is 6.80. The molecule has 5 nitrogen and oxygen atoms in total. The minimum absolute atomic E-state index is 0.0555. The predicted octanol–water partition coefficient (Wildman–Crippen LogP) is 3.85. The summed E-state index contributed by atoms with van der Waals surface area (Å²) in [6.45, 7) is 0. The highest BCUT2D eigenvalue weighted by molar-refractivity contribution is 7.98. The molecule has 130 valence electrons. The third-order valence-corrected chi connectivity index (χ3v) is 5.57. The zero-order valence-corrected chi connectivity index (χ0v) is 14.6. The van der Waals surface area contributed by atoms with Crippen LogP contribution in [0, 0.1) is 0 Å². The normalized spacial score (nSPS) is 15.8. The second-order valence-electron chi connectivity index (χ2n) is 6.14. The third kappa shape index (κ3) is 3.04. The Morgan fingerprint density at radius 1 is 1.23 bits per heavy atom. The van der Waals surface area contributed by atoms with E-state index in [9.17, 15) is 14.7 Å². The van der Waals surface area contributed by atoms with Crippen LogP contribution in [0.15, 0.2) is 65.8 Å². The molecule has 6 heteroatoms. The first-order valence-corrected chi connectivity index (χ1v) is 9.22. The fourth-order valence-corrected chi connectivity index (χ4v) is 4.16. The lowest BCUT2D eigenvalue weighted by Crippen LogP contribution is -2.19. The number of aromatic carboxylic acids is 1. The van der Waals surface area contributed by atoms with Crippen LogP contribution in [-0.4, -0.2) is 26.4 Å². The van der Waals surface area contributed by atoms with Gasteiger partial charge < -0.3 is 9.67 Å². The molecule has 0 spiro atoms. The Morgan fingerprint density at radius 2 is 2.04 bits per heavy atom. The van der Waals surface area contributed by atoms with Crippen LogP contribution < -0.4 is 0 Å². The van der Waals surface area contributed by atoms with Gasteiger partial charge in [0.2, 0.25) is 5.82 Å². The van der Waals surface area contributed by atoms with Gasteiger partial charge in [-0.15, -0.1) is 11.8 Å². The number of thioether (sulfide) groups is 1. The molecule has 26 heavy (non-hydrogen) atoms. The molecule has 1 N–H and O–H groups in total. The van der Waals surface area contributed by atoms with E-state index in [-0.39, 0.29) is 11.6 Å². The van der Waals surface area contributed by atoms with E-state index in [2.05, 4.69) is 17.1 Å². The first-order valence-electron chi connectivity index (χ1n) is 8.23. The van der Waals surface area contributed by atoms with Gasteiger partial charge in [0.15, 0.2) is 5.78 Å². The predicted molar refractivity (Wildman–Crippen MR) is 98.7 cm³/mol. The third-order valence-electron chi connectivity index (χ3n) is 4.50. The quantitative estimate of drug-likeness (QED) is 0.696. The van der Waals surface area contributed by atoms with Crippen LogP contribution in [0.1, 0.15) is 38.1 Å². The molecule has 0 amide bonds. The summed E-state index contributed by atoms with van der Waals surface area (Å²) in [6.07, 6.45) is 3.47. The Labute approximate surface area is 154 Å². The summed E-state index contributed by atoms with van der Waals surface area (Å²) in [6, 6.07) is 15.5. The Morgan fingerprint density at radius 3 is 2.81 bits per heavy atom. The van der Waals surface area contributed by atoms with Crippen LogP contribution in [0.25, 0.3) is 0 Å². The number of rotatable bonds is 5. The highest BCUT2D eigenvalue weighted by Crippen LogP contribution is 2.34. The average Bonchev–Trinajstić information content (AvgIpc) is 3.25. The van der Waals surface area contributed by atoms with Crippen molar-refractivity contribution < 1.29 is 14.7 Å². The Balaban J connectivity index is 1.55. The number of carbonyl (C=O) groups is 2. The van der Waals surface area contributed by atoms with Gasteiger partial charge in [-0.1, -0.05) is 30.3 Å². The van der Waals surface area contributed by atoms with Crippen LogP contribution in [0.3, 0.4) is 0 Å². The number of nitrogens with zero attached hydrogens (tertiary/aromatic N) is 2. The molecule has 1 aliphatic rings. The molecule has 0 saturated heterocycles. The van der Waals surface area contributed by atoms with Crippen molar-refractivity contribution in [2.45, 2.75) is 23.1 Å². The highest BCUT2D eigenvalue weighted by atomic mass is 32.2. The van der Waals surface area contributed by atoms with Crippen LogP contribution in [0.2, 0.25) is 0 Å². The summed E-state index contributed by atoms with van der Waals surface area (Å²) >= 11 is 1.72. The molecule has 3 aromatic rings. The summed E-state index contributed by atoms with van der Waals surface area (Å²) in [5.74, 6) is -0.422. The second-order valence-corrected chi connectivity index (χ2v) is 7.19. The van der Waals surface area contributed by atoms with Crippen molar-refractivity contribution in [1.82, 2.24) is 9.55 Å². The Hall–Kier alpha value is -2.86. The fraction of sp³-hybridized carbons (Fsp3) is 0.150. The van der Waals surface area contributed by atoms with E-state index < -0.39 is 12.0 Å². The number of hydrogen-bond donors (Lipinski definition) is 1. The zero-order chi connectivity index (χ0) is 18.1. The van der Waals surface area contributed by atoms with Gasteiger partial charge in [0.25, 0.3) is 0 Å². The van der Waals surface area contributed by atoms with Crippen molar-refractivity contribution >= 4 is 23.5 Å². The number of ketones is 1. The molecule has 2 aromatic carbocycles. The van der Waals surface area contributed by atoms with Crippen LogP contribution in [0.4, 0.5) is 0 Å². The summed E-state index contributed by atoms with van der Waals surface area (Å²) < 4.78 is 1.46. The van der Waals surface area contributed by atoms with E-state index in [0.717, 1.165) is 16.2 Å². The summed E-state index contributed by atoms with van der Waals surface area (Å²) in [5, 5.41) is 9.24. The molecule has 1 aromatic heterocycles. The lowest BCUT2D eigenvalue weighted by molar-refractivity contribution is 0.0675. The molecule has 0 saturated carbocycles.